The quantitative estimate of drug-likeness (QED) is 0.483. The SMILES string of the molecule is CCOc1ccc(C(=O)CC2(O)C(=O)N(Cc3ccc(OC)c(OC)c3)c3ccccc32)cc1. The summed E-state index contributed by atoms with van der Waals surface area (Å²) in [5.74, 6) is 0.906. The Morgan fingerprint density at radius 2 is 1.68 bits per heavy atom. The van der Waals surface area contributed by atoms with Crippen molar-refractivity contribution in [1.82, 2.24) is 0 Å². The summed E-state index contributed by atoms with van der Waals surface area (Å²) in [6, 6.07) is 19.1. The van der Waals surface area contributed by atoms with Crippen molar-refractivity contribution in [3.8, 4) is 17.2 Å². The third kappa shape index (κ3) is 4.22. The van der Waals surface area contributed by atoms with Crippen LogP contribution in [0.2, 0.25) is 0 Å². The average molecular weight is 462 g/mol. The number of amides is 1. The van der Waals surface area contributed by atoms with Crippen molar-refractivity contribution in [2.24, 2.45) is 0 Å². The summed E-state index contributed by atoms with van der Waals surface area (Å²) in [5, 5.41) is 11.5. The molecule has 1 aliphatic rings. The van der Waals surface area contributed by atoms with E-state index < -0.39 is 11.5 Å². The second-order valence-electron chi connectivity index (χ2n) is 8.02. The first-order valence-electron chi connectivity index (χ1n) is 11.0. The average Bonchev–Trinajstić information content (AvgIpc) is 3.06. The van der Waals surface area contributed by atoms with Crippen molar-refractivity contribution in [3.05, 3.63) is 83.4 Å². The molecule has 0 radical (unpaired) electrons. The van der Waals surface area contributed by atoms with E-state index in [4.69, 9.17) is 14.2 Å². The molecule has 1 aliphatic heterocycles. The minimum Gasteiger partial charge on any atom is -0.494 e. The summed E-state index contributed by atoms with van der Waals surface area (Å²) >= 11 is 0. The molecule has 34 heavy (non-hydrogen) atoms. The maximum atomic E-state index is 13.5. The molecule has 0 fully saturated rings. The van der Waals surface area contributed by atoms with Crippen molar-refractivity contribution in [3.63, 3.8) is 0 Å². The largest absolute Gasteiger partial charge is 0.494 e. The zero-order chi connectivity index (χ0) is 24.3. The zero-order valence-electron chi connectivity index (χ0n) is 19.4. The van der Waals surface area contributed by atoms with Gasteiger partial charge in [0.15, 0.2) is 22.9 Å². The summed E-state index contributed by atoms with van der Waals surface area (Å²) in [6.45, 7) is 2.61. The van der Waals surface area contributed by atoms with Crippen LogP contribution in [0.25, 0.3) is 0 Å². The Kier molecular flexibility index (Phi) is 6.56. The summed E-state index contributed by atoms with van der Waals surface area (Å²) in [5.41, 5.74) is 0.232. The van der Waals surface area contributed by atoms with E-state index in [1.54, 1.807) is 74.9 Å². The minimum atomic E-state index is -1.96. The van der Waals surface area contributed by atoms with Crippen molar-refractivity contribution in [2.45, 2.75) is 25.5 Å². The molecular formula is C27H27NO6. The van der Waals surface area contributed by atoms with E-state index in [0.717, 1.165) is 5.56 Å². The van der Waals surface area contributed by atoms with Crippen LogP contribution in [0.15, 0.2) is 66.7 Å². The van der Waals surface area contributed by atoms with Crippen LogP contribution < -0.4 is 19.1 Å². The van der Waals surface area contributed by atoms with Crippen LogP contribution in [0, 0.1) is 0 Å². The van der Waals surface area contributed by atoms with Crippen LogP contribution in [0.4, 0.5) is 5.69 Å². The lowest BCUT2D eigenvalue weighted by molar-refractivity contribution is -0.136. The molecule has 3 aromatic carbocycles. The molecule has 7 nitrogen and oxygen atoms in total. The number of benzene rings is 3. The highest BCUT2D eigenvalue weighted by Gasteiger charge is 2.50. The highest BCUT2D eigenvalue weighted by Crippen LogP contribution is 2.44. The number of Topliss-reactive ketones (excluding diaryl/α,β-unsaturated/α-hetero) is 1. The summed E-state index contributed by atoms with van der Waals surface area (Å²) < 4.78 is 16.1. The van der Waals surface area contributed by atoms with Gasteiger partial charge in [-0.3, -0.25) is 9.59 Å². The van der Waals surface area contributed by atoms with Gasteiger partial charge in [-0.1, -0.05) is 24.3 Å². The molecule has 176 valence electrons. The van der Waals surface area contributed by atoms with Crippen LogP contribution in [-0.4, -0.2) is 37.6 Å². The summed E-state index contributed by atoms with van der Waals surface area (Å²) in [4.78, 5) is 28.1. The highest BCUT2D eigenvalue weighted by atomic mass is 16.5. The Morgan fingerprint density at radius 1 is 0.971 bits per heavy atom. The molecular weight excluding hydrogens is 434 g/mol. The van der Waals surface area contributed by atoms with Crippen LogP contribution in [0.5, 0.6) is 17.2 Å². The molecule has 1 unspecified atom stereocenters. The van der Waals surface area contributed by atoms with Crippen molar-refractivity contribution >= 4 is 17.4 Å². The predicted molar refractivity (Wildman–Crippen MR) is 128 cm³/mol. The number of ketones is 1. The van der Waals surface area contributed by atoms with Gasteiger partial charge in [0, 0.05) is 11.1 Å². The van der Waals surface area contributed by atoms with Crippen LogP contribution in [-0.2, 0) is 16.9 Å². The lowest BCUT2D eigenvalue weighted by Gasteiger charge is -2.23. The molecule has 0 bridgehead atoms. The van der Waals surface area contributed by atoms with Crippen molar-refractivity contribution in [1.29, 1.82) is 0 Å². The molecule has 0 spiro atoms. The Hall–Kier alpha value is -3.84. The molecule has 7 heteroatoms. The normalized spacial score (nSPS) is 16.8. The fourth-order valence-electron chi connectivity index (χ4n) is 4.23. The van der Waals surface area contributed by atoms with Crippen molar-refractivity contribution < 1.29 is 28.9 Å². The maximum absolute atomic E-state index is 13.5. The topological polar surface area (TPSA) is 85.3 Å². The van der Waals surface area contributed by atoms with E-state index in [0.29, 0.717) is 40.7 Å². The fourth-order valence-corrected chi connectivity index (χ4v) is 4.23. The number of hydrogen-bond donors (Lipinski definition) is 1. The highest BCUT2D eigenvalue weighted by molar-refractivity contribution is 6.10. The van der Waals surface area contributed by atoms with E-state index >= 15 is 0 Å². The Morgan fingerprint density at radius 3 is 2.35 bits per heavy atom. The van der Waals surface area contributed by atoms with Gasteiger partial charge in [0.25, 0.3) is 5.91 Å². The number of aliphatic hydroxyl groups is 1. The second-order valence-corrected chi connectivity index (χ2v) is 8.02. The third-order valence-electron chi connectivity index (χ3n) is 5.93. The number of ether oxygens (including phenoxy) is 3. The molecule has 0 aliphatic carbocycles. The number of anilines is 1. The number of nitrogens with zero attached hydrogens (tertiary/aromatic N) is 1. The summed E-state index contributed by atoms with van der Waals surface area (Å²) in [7, 11) is 3.10. The molecule has 3 aromatic rings. The van der Waals surface area contributed by atoms with Crippen molar-refractivity contribution in [2.75, 3.05) is 25.7 Å². The van der Waals surface area contributed by atoms with E-state index in [1.165, 1.54) is 4.90 Å². The lowest BCUT2D eigenvalue weighted by atomic mass is 9.88. The monoisotopic (exact) mass is 461 g/mol. The Balaban J connectivity index is 1.62. The number of fused-ring (bicyclic) bond motifs is 1. The van der Waals surface area contributed by atoms with Crippen LogP contribution in [0.3, 0.4) is 0 Å². The molecule has 4 rings (SSSR count). The zero-order valence-corrected chi connectivity index (χ0v) is 19.4. The van der Waals surface area contributed by atoms with Crippen LogP contribution in [0.1, 0.15) is 34.8 Å². The first-order chi connectivity index (χ1) is 16.4. The van der Waals surface area contributed by atoms with E-state index in [2.05, 4.69) is 0 Å². The smallest absolute Gasteiger partial charge is 0.264 e. The Labute approximate surface area is 198 Å². The number of rotatable bonds is 9. The molecule has 1 heterocycles. The Bertz CT molecular complexity index is 1210. The molecule has 1 atom stereocenters. The van der Waals surface area contributed by atoms with Gasteiger partial charge in [-0.05, 0) is 55.0 Å². The summed E-state index contributed by atoms with van der Waals surface area (Å²) in [6.07, 6.45) is -0.362. The predicted octanol–water partition coefficient (Wildman–Crippen LogP) is 4.11. The van der Waals surface area contributed by atoms with Gasteiger partial charge in [-0.15, -0.1) is 0 Å². The maximum Gasteiger partial charge on any atom is 0.264 e. The second kappa shape index (κ2) is 9.57. The van der Waals surface area contributed by atoms with E-state index in [1.807, 2.05) is 13.0 Å². The standard InChI is InChI=1S/C27H27NO6/c1-4-34-20-12-10-19(11-13-20)23(29)16-27(31)21-7-5-6-8-22(21)28(26(27)30)17-18-9-14-24(32-2)25(15-18)33-3/h5-15,31H,4,16-17H2,1-3H3. The van der Waals surface area contributed by atoms with E-state index in [-0.39, 0.29) is 18.7 Å². The van der Waals surface area contributed by atoms with Gasteiger partial charge in [-0.2, -0.15) is 0 Å². The molecule has 1 amide bonds. The first kappa shape index (κ1) is 23.3. The first-order valence-corrected chi connectivity index (χ1v) is 11.0. The number of para-hydroxylation sites is 1. The molecule has 0 saturated carbocycles. The fraction of sp³-hybridized carbons (Fsp3) is 0.259. The number of methoxy groups -OCH3 is 2. The van der Waals surface area contributed by atoms with Gasteiger partial charge in [-0.25, -0.2) is 0 Å². The number of carbonyl (C=O) groups is 2. The number of carbonyl (C=O) groups excluding carboxylic acids is 2. The van der Waals surface area contributed by atoms with Gasteiger partial charge in [0.2, 0.25) is 0 Å². The van der Waals surface area contributed by atoms with E-state index in [9.17, 15) is 14.7 Å². The van der Waals surface area contributed by atoms with Gasteiger partial charge < -0.3 is 24.2 Å². The molecule has 0 aromatic heterocycles. The van der Waals surface area contributed by atoms with Gasteiger partial charge in [0.05, 0.1) is 39.5 Å². The number of hydrogen-bond acceptors (Lipinski definition) is 6. The van der Waals surface area contributed by atoms with Gasteiger partial charge in [0.1, 0.15) is 5.75 Å². The lowest BCUT2D eigenvalue weighted by Crippen LogP contribution is -2.41. The molecule has 1 N–H and O–H groups in total. The van der Waals surface area contributed by atoms with Gasteiger partial charge >= 0.3 is 0 Å². The molecule has 0 saturated heterocycles. The third-order valence-corrected chi connectivity index (χ3v) is 5.93. The minimum absolute atomic E-state index is 0.204. The van der Waals surface area contributed by atoms with Crippen LogP contribution >= 0.6 is 0 Å².